The Morgan fingerprint density at radius 2 is 1.86 bits per heavy atom. The lowest BCUT2D eigenvalue weighted by molar-refractivity contribution is -0.122. The van der Waals surface area contributed by atoms with Crippen molar-refractivity contribution in [2.24, 2.45) is 0 Å². The minimum absolute atomic E-state index is 0.00213. The number of hydrogen-bond acceptors (Lipinski definition) is 6. The van der Waals surface area contributed by atoms with Gasteiger partial charge >= 0.3 is 0 Å². The van der Waals surface area contributed by atoms with Crippen LogP contribution in [0.25, 0.3) is 33.9 Å². The molecular formula is C29H25N5O3. The van der Waals surface area contributed by atoms with Gasteiger partial charge in [-0.05, 0) is 49.9 Å². The first-order chi connectivity index (χ1) is 18.0. The number of rotatable bonds is 5. The van der Waals surface area contributed by atoms with Gasteiger partial charge < -0.3 is 14.4 Å². The molecule has 1 aliphatic carbocycles. The highest BCUT2D eigenvalue weighted by Gasteiger charge is 2.24. The minimum atomic E-state index is -0.275. The predicted molar refractivity (Wildman–Crippen MR) is 140 cm³/mol. The van der Waals surface area contributed by atoms with E-state index in [1.54, 1.807) is 22.9 Å². The molecule has 1 N–H and O–H groups in total. The van der Waals surface area contributed by atoms with E-state index >= 15 is 0 Å². The second kappa shape index (κ2) is 9.13. The number of carbonyl (C=O) groups excluding carboxylic acids is 1. The highest BCUT2D eigenvalue weighted by molar-refractivity contribution is 5.83. The largest absolute Gasteiger partial charge is 0.348 e. The first kappa shape index (κ1) is 22.8. The van der Waals surface area contributed by atoms with Crippen molar-refractivity contribution in [2.75, 3.05) is 0 Å². The van der Waals surface area contributed by atoms with Crippen LogP contribution in [0.2, 0.25) is 0 Å². The Hall–Kier alpha value is -4.59. The Morgan fingerprint density at radius 1 is 1.05 bits per heavy atom. The molecule has 37 heavy (non-hydrogen) atoms. The molecule has 2 aromatic carbocycles. The fraction of sp³-hybridized carbons (Fsp3) is 0.207. The average Bonchev–Trinajstić information content (AvgIpc) is 3.54. The maximum atomic E-state index is 13.4. The molecule has 0 unspecified atom stereocenters. The first-order valence-corrected chi connectivity index (χ1v) is 12.3. The number of hydrogen-bond donors (Lipinski definition) is 1. The number of benzene rings is 2. The van der Waals surface area contributed by atoms with Crippen LogP contribution in [0, 0.1) is 13.8 Å². The summed E-state index contributed by atoms with van der Waals surface area (Å²) in [5.41, 5.74) is 5.46. The number of aromatic nitrogens is 4. The molecular weight excluding hydrogens is 466 g/mol. The zero-order valence-electron chi connectivity index (χ0n) is 20.6. The number of aryl methyl sites for hydroxylation is 3. The van der Waals surface area contributed by atoms with E-state index in [2.05, 4.69) is 32.6 Å². The molecule has 5 aromatic rings. The van der Waals surface area contributed by atoms with E-state index in [0.717, 1.165) is 35.2 Å². The summed E-state index contributed by atoms with van der Waals surface area (Å²) in [4.78, 5) is 35.6. The predicted octanol–water partition coefficient (Wildman–Crippen LogP) is 4.53. The molecule has 3 aromatic heterocycles. The summed E-state index contributed by atoms with van der Waals surface area (Å²) in [6, 6.07) is 19.4. The van der Waals surface area contributed by atoms with Crippen molar-refractivity contribution in [3.8, 4) is 22.8 Å². The monoisotopic (exact) mass is 491 g/mol. The van der Waals surface area contributed by atoms with E-state index in [1.807, 2.05) is 50.2 Å². The number of nitrogens with zero attached hydrogens (tertiary/aromatic N) is 4. The number of carbonyl (C=O) groups is 1. The maximum absolute atomic E-state index is 13.4. The topological polar surface area (TPSA) is 103 Å². The lowest BCUT2D eigenvalue weighted by Crippen LogP contribution is -2.31. The summed E-state index contributed by atoms with van der Waals surface area (Å²) in [5, 5.41) is 7.62. The van der Waals surface area contributed by atoms with Crippen LogP contribution in [-0.4, -0.2) is 25.6 Å². The van der Waals surface area contributed by atoms with Gasteiger partial charge in [-0.25, -0.2) is 4.98 Å². The van der Waals surface area contributed by atoms with Crippen molar-refractivity contribution in [1.82, 2.24) is 25.0 Å². The van der Waals surface area contributed by atoms with Crippen molar-refractivity contribution >= 4 is 16.9 Å². The van der Waals surface area contributed by atoms with Crippen molar-refractivity contribution < 1.29 is 9.32 Å². The molecule has 1 aliphatic rings. The number of nitrogens with one attached hydrogen (secondary N) is 1. The van der Waals surface area contributed by atoms with E-state index < -0.39 is 0 Å². The van der Waals surface area contributed by atoms with Crippen molar-refractivity contribution in [2.45, 2.75) is 39.3 Å². The van der Waals surface area contributed by atoms with Crippen LogP contribution in [0.15, 0.2) is 76.2 Å². The Morgan fingerprint density at radius 3 is 2.70 bits per heavy atom. The molecule has 0 bridgehead atoms. The summed E-state index contributed by atoms with van der Waals surface area (Å²) in [5.74, 6) is 0.328. The summed E-state index contributed by atoms with van der Waals surface area (Å²) in [6.45, 7) is 3.85. The number of pyridine rings is 2. The van der Waals surface area contributed by atoms with Crippen LogP contribution in [0.5, 0.6) is 0 Å². The van der Waals surface area contributed by atoms with Gasteiger partial charge in [-0.2, -0.15) is 4.98 Å². The molecule has 3 heterocycles. The Labute approximate surface area is 213 Å². The molecule has 1 amide bonds. The zero-order valence-corrected chi connectivity index (χ0v) is 20.6. The third-order valence-electron chi connectivity index (χ3n) is 6.81. The van der Waals surface area contributed by atoms with Crippen LogP contribution in [0.1, 0.15) is 34.8 Å². The summed E-state index contributed by atoms with van der Waals surface area (Å²) >= 11 is 0. The van der Waals surface area contributed by atoms with Gasteiger partial charge in [0.15, 0.2) is 0 Å². The van der Waals surface area contributed by atoms with Crippen LogP contribution in [0.4, 0.5) is 0 Å². The van der Waals surface area contributed by atoms with E-state index in [-0.39, 0.29) is 35.4 Å². The second-order valence-electron chi connectivity index (χ2n) is 9.47. The normalized spacial score (nSPS) is 14.6. The fourth-order valence-electron chi connectivity index (χ4n) is 4.89. The average molecular weight is 492 g/mol. The van der Waals surface area contributed by atoms with Crippen molar-refractivity contribution in [3.05, 3.63) is 99.5 Å². The molecule has 1 atom stereocenters. The SMILES string of the molecule is Cc1ccc(-c2noc(-c3cn(CC(=O)N[C@@H]4CCc5ccccc54)c4nc(C)ccc4c3=O)n2)cc1. The van der Waals surface area contributed by atoms with Gasteiger partial charge in [-0.3, -0.25) is 9.59 Å². The van der Waals surface area contributed by atoms with Gasteiger partial charge in [0.2, 0.25) is 17.2 Å². The summed E-state index contributed by atoms with van der Waals surface area (Å²) in [7, 11) is 0. The molecule has 8 nitrogen and oxygen atoms in total. The van der Waals surface area contributed by atoms with Gasteiger partial charge in [0.25, 0.3) is 5.89 Å². The van der Waals surface area contributed by atoms with Crippen molar-refractivity contribution in [1.29, 1.82) is 0 Å². The van der Waals surface area contributed by atoms with E-state index in [1.165, 1.54) is 5.56 Å². The molecule has 0 spiro atoms. The van der Waals surface area contributed by atoms with Gasteiger partial charge in [-0.15, -0.1) is 0 Å². The highest BCUT2D eigenvalue weighted by Crippen LogP contribution is 2.30. The molecule has 0 saturated heterocycles. The van der Waals surface area contributed by atoms with Crippen LogP contribution in [0.3, 0.4) is 0 Å². The smallest absolute Gasteiger partial charge is 0.263 e. The number of amides is 1. The second-order valence-corrected chi connectivity index (χ2v) is 9.47. The van der Waals surface area contributed by atoms with Crippen LogP contribution >= 0.6 is 0 Å². The van der Waals surface area contributed by atoms with E-state index in [4.69, 9.17) is 4.52 Å². The standard InChI is InChI=1S/C29H25N5O3/c1-17-7-10-20(11-8-17)27-32-29(37-33-27)23-15-34(28-22(26(23)36)13-9-18(2)30-28)16-25(35)31-24-14-12-19-5-3-4-6-21(19)24/h3-11,13,15,24H,12,14,16H2,1-2H3,(H,31,35)/t24-/m1/s1. The Kier molecular flexibility index (Phi) is 5.64. The molecule has 0 radical (unpaired) electrons. The quantitative estimate of drug-likeness (QED) is 0.387. The maximum Gasteiger partial charge on any atom is 0.263 e. The molecule has 6 rings (SSSR count). The minimum Gasteiger partial charge on any atom is -0.348 e. The van der Waals surface area contributed by atoms with E-state index in [9.17, 15) is 9.59 Å². The summed E-state index contributed by atoms with van der Waals surface area (Å²) in [6.07, 6.45) is 3.39. The van der Waals surface area contributed by atoms with Gasteiger partial charge in [0.1, 0.15) is 17.8 Å². The van der Waals surface area contributed by atoms with Gasteiger partial charge in [-0.1, -0.05) is 59.3 Å². The molecule has 0 aliphatic heterocycles. The molecule has 0 fully saturated rings. The molecule has 184 valence electrons. The Bertz CT molecular complexity index is 1700. The lowest BCUT2D eigenvalue weighted by Gasteiger charge is -2.16. The lowest BCUT2D eigenvalue weighted by atomic mass is 10.1. The summed E-state index contributed by atoms with van der Waals surface area (Å²) < 4.78 is 7.19. The first-order valence-electron chi connectivity index (χ1n) is 12.3. The third kappa shape index (κ3) is 4.31. The zero-order chi connectivity index (χ0) is 25.5. The molecule has 8 heteroatoms. The van der Waals surface area contributed by atoms with E-state index in [0.29, 0.717) is 16.9 Å². The number of fused-ring (bicyclic) bond motifs is 2. The van der Waals surface area contributed by atoms with Crippen molar-refractivity contribution in [3.63, 3.8) is 0 Å². The fourth-order valence-corrected chi connectivity index (χ4v) is 4.89. The van der Waals surface area contributed by atoms with Gasteiger partial charge in [0, 0.05) is 17.5 Å². The highest BCUT2D eigenvalue weighted by atomic mass is 16.5. The third-order valence-corrected chi connectivity index (χ3v) is 6.81. The van der Waals surface area contributed by atoms with Crippen LogP contribution < -0.4 is 10.7 Å². The van der Waals surface area contributed by atoms with Crippen LogP contribution in [-0.2, 0) is 17.8 Å². The van der Waals surface area contributed by atoms with Gasteiger partial charge in [0.05, 0.1) is 11.4 Å². The Balaban J connectivity index is 1.36. The molecule has 0 saturated carbocycles.